The Morgan fingerprint density at radius 2 is 1.60 bits per heavy atom. The minimum Gasteiger partial charge on any atom is -0.420 e. The Labute approximate surface area is 34.7 Å². The van der Waals surface area contributed by atoms with Crippen molar-refractivity contribution in [1.29, 1.82) is 0 Å². The molecule has 0 unspecified atom stereocenters. The molecular formula is C3H9OSi. The van der Waals surface area contributed by atoms with Crippen LogP contribution in [0.25, 0.3) is 0 Å². The van der Waals surface area contributed by atoms with Crippen LogP contribution in [0.1, 0.15) is 0 Å². The molecule has 0 aromatic heterocycles. The van der Waals surface area contributed by atoms with Crippen molar-refractivity contribution in [2.45, 2.75) is 13.1 Å². The second kappa shape index (κ2) is 2.42. The van der Waals surface area contributed by atoms with Crippen LogP contribution < -0.4 is 0 Å². The van der Waals surface area contributed by atoms with Crippen molar-refractivity contribution in [3.05, 3.63) is 0 Å². The lowest BCUT2D eigenvalue weighted by atomic mass is 11.8. The molecule has 0 bridgehead atoms. The zero-order valence-corrected chi connectivity index (χ0v) is 4.91. The van der Waals surface area contributed by atoms with Crippen molar-refractivity contribution in [3.8, 4) is 0 Å². The van der Waals surface area contributed by atoms with E-state index in [1.165, 1.54) is 0 Å². The first-order chi connectivity index (χ1) is 2.27. The smallest absolute Gasteiger partial charge is 0.204 e. The van der Waals surface area contributed by atoms with Crippen LogP contribution in [0.3, 0.4) is 0 Å². The van der Waals surface area contributed by atoms with E-state index < -0.39 is 0 Å². The Morgan fingerprint density at radius 3 is 1.60 bits per heavy atom. The van der Waals surface area contributed by atoms with Gasteiger partial charge in [-0.25, -0.2) is 0 Å². The topological polar surface area (TPSA) is 9.23 Å². The normalized spacial score (nSPS) is 9.60. The maximum atomic E-state index is 4.85. The molecule has 0 aromatic carbocycles. The lowest BCUT2D eigenvalue weighted by Crippen LogP contribution is -2.00. The first-order valence-corrected chi connectivity index (χ1v) is 4.02. The molecule has 0 aliphatic carbocycles. The average Bonchev–Trinajstić information content (AvgIpc) is 1.38. The SMILES string of the molecule is CO[Si](C)C. The van der Waals surface area contributed by atoms with Gasteiger partial charge < -0.3 is 4.43 Å². The van der Waals surface area contributed by atoms with Gasteiger partial charge in [0.2, 0.25) is 9.04 Å². The summed E-state index contributed by atoms with van der Waals surface area (Å²) in [6.07, 6.45) is 0. The minimum absolute atomic E-state index is 0.374. The Morgan fingerprint density at radius 1 is 1.40 bits per heavy atom. The Balaban J connectivity index is 2.54. The van der Waals surface area contributed by atoms with E-state index in [1.54, 1.807) is 7.11 Å². The summed E-state index contributed by atoms with van der Waals surface area (Å²) in [4.78, 5) is 0. The van der Waals surface area contributed by atoms with Crippen LogP contribution in [0.15, 0.2) is 0 Å². The molecular weight excluding hydrogens is 80.1 g/mol. The first kappa shape index (κ1) is 5.18. The van der Waals surface area contributed by atoms with E-state index in [-0.39, 0.29) is 9.04 Å². The molecule has 2 heteroatoms. The molecule has 0 rings (SSSR count). The van der Waals surface area contributed by atoms with Crippen LogP contribution in [-0.4, -0.2) is 16.2 Å². The summed E-state index contributed by atoms with van der Waals surface area (Å²) >= 11 is 0. The van der Waals surface area contributed by atoms with Crippen molar-refractivity contribution in [1.82, 2.24) is 0 Å². The molecule has 0 atom stereocenters. The van der Waals surface area contributed by atoms with E-state index in [1.807, 2.05) is 0 Å². The molecule has 0 aromatic rings. The summed E-state index contributed by atoms with van der Waals surface area (Å²) in [5.74, 6) is 0. The van der Waals surface area contributed by atoms with Crippen molar-refractivity contribution >= 4 is 9.04 Å². The molecule has 0 spiro atoms. The Bertz CT molecular complexity index is 20.9. The lowest BCUT2D eigenvalue weighted by Gasteiger charge is -1.90. The van der Waals surface area contributed by atoms with Crippen molar-refractivity contribution in [2.75, 3.05) is 7.11 Å². The van der Waals surface area contributed by atoms with Gasteiger partial charge in [0.1, 0.15) is 0 Å². The highest BCUT2D eigenvalue weighted by Gasteiger charge is 1.85. The van der Waals surface area contributed by atoms with Gasteiger partial charge in [0.25, 0.3) is 0 Å². The number of hydrogen-bond acceptors (Lipinski definition) is 1. The van der Waals surface area contributed by atoms with Gasteiger partial charge in [0, 0.05) is 7.11 Å². The summed E-state index contributed by atoms with van der Waals surface area (Å²) in [6, 6.07) is 0. The highest BCUT2D eigenvalue weighted by Crippen LogP contribution is 1.73. The lowest BCUT2D eigenvalue weighted by molar-refractivity contribution is 0.430. The maximum Gasteiger partial charge on any atom is 0.204 e. The van der Waals surface area contributed by atoms with Crippen LogP contribution >= 0.6 is 0 Å². The highest BCUT2D eigenvalue weighted by molar-refractivity contribution is 6.48. The summed E-state index contributed by atoms with van der Waals surface area (Å²) in [5, 5.41) is 0. The fraction of sp³-hybridized carbons (Fsp3) is 1.00. The van der Waals surface area contributed by atoms with Gasteiger partial charge in [-0.3, -0.25) is 0 Å². The van der Waals surface area contributed by atoms with E-state index in [9.17, 15) is 0 Å². The second-order valence-corrected chi connectivity index (χ2v) is 3.34. The third kappa shape index (κ3) is 4.18. The predicted molar refractivity (Wildman–Crippen MR) is 24.5 cm³/mol. The molecule has 0 aliphatic heterocycles. The summed E-state index contributed by atoms with van der Waals surface area (Å²) < 4.78 is 4.85. The molecule has 0 heterocycles. The second-order valence-electron chi connectivity index (χ2n) is 1.11. The fourth-order valence-corrected chi connectivity index (χ4v) is 0. The van der Waals surface area contributed by atoms with Gasteiger partial charge >= 0.3 is 0 Å². The Kier molecular flexibility index (Phi) is 2.50. The third-order valence-corrected chi connectivity index (χ3v) is 1.22. The Hall–Kier alpha value is 0.177. The molecule has 0 fully saturated rings. The minimum atomic E-state index is -0.374. The van der Waals surface area contributed by atoms with Crippen molar-refractivity contribution < 1.29 is 4.43 Å². The van der Waals surface area contributed by atoms with Crippen molar-refractivity contribution in [3.63, 3.8) is 0 Å². The first-order valence-electron chi connectivity index (χ1n) is 1.61. The van der Waals surface area contributed by atoms with E-state index in [4.69, 9.17) is 4.43 Å². The fourth-order valence-electron chi connectivity index (χ4n) is 0. The quantitative estimate of drug-likeness (QED) is 0.433. The largest absolute Gasteiger partial charge is 0.420 e. The van der Waals surface area contributed by atoms with E-state index >= 15 is 0 Å². The van der Waals surface area contributed by atoms with Crippen LogP contribution in [0.4, 0.5) is 0 Å². The molecule has 0 N–H and O–H groups in total. The molecule has 5 heavy (non-hydrogen) atoms. The maximum absolute atomic E-state index is 4.85. The molecule has 1 radical (unpaired) electrons. The van der Waals surface area contributed by atoms with Crippen LogP contribution in [0.2, 0.25) is 13.1 Å². The van der Waals surface area contributed by atoms with Gasteiger partial charge in [-0.2, -0.15) is 0 Å². The van der Waals surface area contributed by atoms with E-state index in [2.05, 4.69) is 13.1 Å². The molecule has 0 saturated carbocycles. The predicted octanol–water partition coefficient (Wildman–Crippen LogP) is 0.884. The average molecular weight is 89.2 g/mol. The van der Waals surface area contributed by atoms with Gasteiger partial charge in [-0.1, -0.05) is 0 Å². The van der Waals surface area contributed by atoms with Crippen LogP contribution in [0.5, 0.6) is 0 Å². The van der Waals surface area contributed by atoms with Crippen molar-refractivity contribution in [2.24, 2.45) is 0 Å². The summed E-state index contributed by atoms with van der Waals surface area (Å²) in [7, 11) is 1.37. The van der Waals surface area contributed by atoms with Gasteiger partial charge in [-0.05, 0) is 13.1 Å². The van der Waals surface area contributed by atoms with Gasteiger partial charge in [0.05, 0.1) is 0 Å². The summed E-state index contributed by atoms with van der Waals surface area (Å²) in [6.45, 7) is 4.20. The zero-order valence-electron chi connectivity index (χ0n) is 3.91. The van der Waals surface area contributed by atoms with Gasteiger partial charge in [0.15, 0.2) is 0 Å². The zero-order chi connectivity index (χ0) is 4.28. The van der Waals surface area contributed by atoms with E-state index in [0.717, 1.165) is 0 Å². The molecule has 31 valence electrons. The molecule has 0 saturated heterocycles. The standard InChI is InChI=1S/C3H9OSi/c1-4-5(2)3/h1-3H3. The van der Waals surface area contributed by atoms with Gasteiger partial charge in [-0.15, -0.1) is 0 Å². The molecule has 0 aliphatic rings. The van der Waals surface area contributed by atoms with Crippen LogP contribution in [-0.2, 0) is 4.43 Å². The molecule has 1 nitrogen and oxygen atoms in total. The number of rotatable bonds is 1. The van der Waals surface area contributed by atoms with Crippen LogP contribution in [0, 0.1) is 0 Å². The summed E-state index contributed by atoms with van der Waals surface area (Å²) in [5.41, 5.74) is 0. The number of hydrogen-bond donors (Lipinski definition) is 0. The monoisotopic (exact) mass is 89.0 g/mol. The highest BCUT2D eigenvalue weighted by atomic mass is 28.3. The molecule has 0 amide bonds. The third-order valence-electron chi connectivity index (χ3n) is 0.408. The van der Waals surface area contributed by atoms with E-state index in [0.29, 0.717) is 0 Å².